The number of benzene rings is 2. The molecule has 0 amide bonds. The molecule has 1 fully saturated rings. The first-order chi connectivity index (χ1) is 16.3. The molecule has 0 atom stereocenters. The highest BCUT2D eigenvalue weighted by atomic mass is 15.3. The zero-order valence-electron chi connectivity index (χ0n) is 21.4. The highest BCUT2D eigenvalue weighted by Gasteiger charge is 2.18. The van der Waals surface area contributed by atoms with Crippen LogP contribution in [0.15, 0.2) is 58.5 Å². The van der Waals surface area contributed by atoms with Gasteiger partial charge in [0, 0.05) is 61.8 Å². The number of piperazine rings is 1. The Morgan fingerprint density at radius 2 is 0.971 bits per heavy atom. The molecule has 1 aliphatic rings. The molecule has 2 aromatic rings. The van der Waals surface area contributed by atoms with E-state index in [2.05, 4.69) is 96.0 Å². The molecule has 0 aliphatic carbocycles. The molecule has 0 radical (unpaired) electrons. The highest BCUT2D eigenvalue weighted by Crippen LogP contribution is 2.21. The summed E-state index contributed by atoms with van der Waals surface area (Å²) in [6, 6.07) is 17.0. The number of hydrogen-bond donors (Lipinski definition) is 2. The zero-order valence-corrected chi connectivity index (χ0v) is 21.4. The minimum atomic E-state index is 0.631. The molecule has 0 unspecified atom stereocenters. The standard InChI is InChI=1S/C28H42N6/c1-21(2)13-15-31-27(29)23-5-9-25(10-6-23)33-17-19-34(20-18-33)26-11-7-24(8-12-26)28(30)32-16-14-22(3)4/h5-12,21-22H,13-20H2,1-4H3,(H2,29,31)(H2,30,32). The van der Waals surface area contributed by atoms with Gasteiger partial charge in [-0.05, 0) is 73.2 Å². The van der Waals surface area contributed by atoms with Gasteiger partial charge in [-0.25, -0.2) is 0 Å². The van der Waals surface area contributed by atoms with Crippen LogP contribution in [0, 0.1) is 11.8 Å². The van der Waals surface area contributed by atoms with E-state index in [0.29, 0.717) is 23.5 Å². The van der Waals surface area contributed by atoms with Crippen LogP contribution in [0.2, 0.25) is 0 Å². The van der Waals surface area contributed by atoms with Gasteiger partial charge in [0.2, 0.25) is 0 Å². The highest BCUT2D eigenvalue weighted by molar-refractivity contribution is 5.98. The fourth-order valence-corrected chi connectivity index (χ4v) is 3.98. The number of hydrogen-bond acceptors (Lipinski definition) is 4. The van der Waals surface area contributed by atoms with Gasteiger partial charge in [0.1, 0.15) is 11.7 Å². The summed E-state index contributed by atoms with van der Waals surface area (Å²) in [5.41, 5.74) is 16.8. The van der Waals surface area contributed by atoms with E-state index in [9.17, 15) is 0 Å². The van der Waals surface area contributed by atoms with Crippen LogP contribution < -0.4 is 21.3 Å². The first kappa shape index (κ1) is 25.6. The number of rotatable bonds is 10. The summed E-state index contributed by atoms with van der Waals surface area (Å²) in [7, 11) is 0. The molecule has 3 rings (SSSR count). The van der Waals surface area contributed by atoms with E-state index in [1.165, 1.54) is 11.4 Å². The predicted octanol–water partition coefficient (Wildman–Crippen LogP) is 4.52. The number of nitrogens with zero attached hydrogens (tertiary/aromatic N) is 4. The van der Waals surface area contributed by atoms with Crippen molar-refractivity contribution in [1.29, 1.82) is 0 Å². The topological polar surface area (TPSA) is 83.2 Å². The Bertz CT molecular complexity index is 856. The molecule has 1 saturated heterocycles. The summed E-state index contributed by atoms with van der Waals surface area (Å²) in [5, 5.41) is 0. The van der Waals surface area contributed by atoms with Gasteiger partial charge in [0.05, 0.1) is 0 Å². The third-order valence-corrected chi connectivity index (χ3v) is 6.31. The number of aliphatic imine (C=N–C) groups is 2. The van der Waals surface area contributed by atoms with Crippen LogP contribution in [0.3, 0.4) is 0 Å². The summed E-state index contributed by atoms with van der Waals surface area (Å²) in [6.45, 7) is 14.3. The smallest absolute Gasteiger partial charge is 0.125 e. The van der Waals surface area contributed by atoms with Crippen LogP contribution in [-0.2, 0) is 0 Å². The second-order valence-corrected chi connectivity index (χ2v) is 9.97. The van der Waals surface area contributed by atoms with Crippen molar-refractivity contribution >= 4 is 23.0 Å². The lowest BCUT2D eigenvalue weighted by atomic mass is 10.1. The number of anilines is 2. The van der Waals surface area contributed by atoms with Gasteiger partial charge in [0.15, 0.2) is 0 Å². The molecule has 0 spiro atoms. The minimum Gasteiger partial charge on any atom is -0.384 e. The van der Waals surface area contributed by atoms with Crippen LogP contribution in [0.4, 0.5) is 11.4 Å². The average molecular weight is 463 g/mol. The number of nitrogens with two attached hydrogens (primary N) is 2. The molecule has 0 bridgehead atoms. The molecule has 34 heavy (non-hydrogen) atoms. The van der Waals surface area contributed by atoms with Gasteiger partial charge >= 0.3 is 0 Å². The normalized spacial score (nSPS) is 15.5. The maximum Gasteiger partial charge on any atom is 0.125 e. The van der Waals surface area contributed by atoms with Crippen LogP contribution in [0.1, 0.15) is 51.7 Å². The monoisotopic (exact) mass is 462 g/mol. The molecular weight excluding hydrogens is 420 g/mol. The third kappa shape index (κ3) is 7.51. The van der Waals surface area contributed by atoms with Gasteiger partial charge in [-0.2, -0.15) is 0 Å². The Morgan fingerprint density at radius 3 is 1.26 bits per heavy atom. The predicted molar refractivity (Wildman–Crippen MR) is 147 cm³/mol. The zero-order chi connectivity index (χ0) is 24.5. The SMILES string of the molecule is CC(C)CCN=C(N)c1ccc(N2CCN(c3ccc(C(N)=NCCC(C)C)cc3)CC2)cc1. The Balaban J connectivity index is 1.52. The van der Waals surface area contributed by atoms with Crippen LogP contribution in [0.25, 0.3) is 0 Å². The molecule has 6 nitrogen and oxygen atoms in total. The molecule has 2 aromatic carbocycles. The first-order valence-electron chi connectivity index (χ1n) is 12.6. The van der Waals surface area contributed by atoms with E-state index in [1.54, 1.807) is 0 Å². The lowest BCUT2D eigenvalue weighted by molar-refractivity contribution is 0.597. The second-order valence-electron chi connectivity index (χ2n) is 9.97. The van der Waals surface area contributed by atoms with Gasteiger partial charge < -0.3 is 21.3 Å². The minimum absolute atomic E-state index is 0.631. The van der Waals surface area contributed by atoms with Gasteiger partial charge in [-0.3, -0.25) is 9.98 Å². The van der Waals surface area contributed by atoms with E-state index in [4.69, 9.17) is 11.5 Å². The summed E-state index contributed by atoms with van der Waals surface area (Å²) < 4.78 is 0. The molecule has 184 valence electrons. The summed E-state index contributed by atoms with van der Waals surface area (Å²) in [5.74, 6) is 2.54. The van der Waals surface area contributed by atoms with E-state index in [-0.39, 0.29) is 0 Å². The van der Waals surface area contributed by atoms with Crippen molar-refractivity contribution in [3.63, 3.8) is 0 Å². The fourth-order valence-electron chi connectivity index (χ4n) is 3.98. The molecule has 0 saturated carbocycles. The van der Waals surface area contributed by atoms with E-state index >= 15 is 0 Å². The van der Waals surface area contributed by atoms with Crippen molar-refractivity contribution in [2.75, 3.05) is 49.1 Å². The molecule has 1 aliphatic heterocycles. The van der Waals surface area contributed by atoms with Crippen LogP contribution in [-0.4, -0.2) is 50.9 Å². The maximum absolute atomic E-state index is 6.17. The Hall–Kier alpha value is -3.02. The van der Waals surface area contributed by atoms with Crippen LogP contribution >= 0.6 is 0 Å². The molecule has 4 N–H and O–H groups in total. The van der Waals surface area contributed by atoms with E-state index in [1.807, 2.05) is 0 Å². The third-order valence-electron chi connectivity index (χ3n) is 6.31. The lowest BCUT2D eigenvalue weighted by Gasteiger charge is -2.37. The Labute approximate surface area is 205 Å². The van der Waals surface area contributed by atoms with Gasteiger partial charge in [-0.1, -0.05) is 27.7 Å². The number of amidine groups is 2. The summed E-state index contributed by atoms with van der Waals surface area (Å²) in [4.78, 5) is 13.9. The van der Waals surface area contributed by atoms with E-state index < -0.39 is 0 Å². The van der Waals surface area contributed by atoms with Crippen molar-refractivity contribution in [2.24, 2.45) is 33.3 Å². The van der Waals surface area contributed by atoms with E-state index in [0.717, 1.165) is 63.2 Å². The lowest BCUT2D eigenvalue weighted by Crippen LogP contribution is -2.46. The first-order valence-corrected chi connectivity index (χ1v) is 12.6. The van der Waals surface area contributed by atoms with Crippen molar-refractivity contribution in [2.45, 2.75) is 40.5 Å². The summed E-state index contributed by atoms with van der Waals surface area (Å²) >= 11 is 0. The van der Waals surface area contributed by atoms with Crippen molar-refractivity contribution in [1.82, 2.24) is 0 Å². The fraction of sp³-hybridized carbons (Fsp3) is 0.500. The molecular formula is C28H42N6. The van der Waals surface area contributed by atoms with Gasteiger partial charge in [0.25, 0.3) is 0 Å². The summed E-state index contributed by atoms with van der Waals surface area (Å²) in [6.07, 6.45) is 2.12. The molecule has 1 heterocycles. The van der Waals surface area contributed by atoms with Crippen molar-refractivity contribution in [3.8, 4) is 0 Å². The quantitative estimate of drug-likeness (QED) is 0.402. The van der Waals surface area contributed by atoms with Crippen LogP contribution in [0.5, 0.6) is 0 Å². The van der Waals surface area contributed by atoms with Gasteiger partial charge in [-0.15, -0.1) is 0 Å². The maximum atomic E-state index is 6.17. The average Bonchev–Trinajstić information content (AvgIpc) is 2.84. The second kappa shape index (κ2) is 12.4. The Morgan fingerprint density at radius 1 is 0.647 bits per heavy atom. The van der Waals surface area contributed by atoms with Crippen molar-refractivity contribution < 1.29 is 0 Å². The van der Waals surface area contributed by atoms with Crippen molar-refractivity contribution in [3.05, 3.63) is 59.7 Å². The molecule has 0 aromatic heterocycles. The Kier molecular flexibility index (Phi) is 9.37. The largest absolute Gasteiger partial charge is 0.384 e. The molecule has 6 heteroatoms.